The Morgan fingerprint density at radius 2 is 2.06 bits per heavy atom. The number of aryl methyl sites for hydroxylation is 1. The van der Waals surface area contributed by atoms with Crippen LogP contribution in [0.2, 0.25) is 0 Å². The Labute approximate surface area is 102 Å². The fraction of sp³-hybridized carbons (Fsp3) is 0.182. The Bertz CT molecular complexity index is 478. The van der Waals surface area contributed by atoms with Crippen molar-refractivity contribution in [2.75, 3.05) is 5.73 Å². The standard InChI is InChI=1S/C11H12BrN3O/c1-2-15-7-10(13)14-11(15)16-9-5-3-8(12)4-6-9/h3-7H,2,13H2,1H3. The number of benzene rings is 1. The van der Waals surface area contributed by atoms with E-state index < -0.39 is 0 Å². The van der Waals surface area contributed by atoms with Crippen molar-refractivity contribution >= 4 is 21.7 Å². The van der Waals surface area contributed by atoms with Crippen molar-refractivity contribution in [1.29, 1.82) is 0 Å². The van der Waals surface area contributed by atoms with Crippen molar-refractivity contribution in [3.05, 3.63) is 34.9 Å². The lowest BCUT2D eigenvalue weighted by Gasteiger charge is -2.06. The molecule has 16 heavy (non-hydrogen) atoms. The predicted octanol–water partition coefficient (Wildman–Crippen LogP) is 3.04. The van der Waals surface area contributed by atoms with Crippen molar-refractivity contribution in [3.8, 4) is 11.8 Å². The summed E-state index contributed by atoms with van der Waals surface area (Å²) in [6.07, 6.45) is 1.76. The van der Waals surface area contributed by atoms with Gasteiger partial charge in [-0.15, -0.1) is 0 Å². The SMILES string of the molecule is CCn1cc(N)nc1Oc1ccc(Br)cc1. The molecule has 2 N–H and O–H groups in total. The third-order valence-corrected chi connectivity index (χ3v) is 2.65. The molecule has 0 bridgehead atoms. The number of hydrogen-bond acceptors (Lipinski definition) is 3. The molecule has 1 aromatic carbocycles. The van der Waals surface area contributed by atoms with Crippen LogP contribution < -0.4 is 10.5 Å². The molecule has 0 radical (unpaired) electrons. The highest BCUT2D eigenvalue weighted by Crippen LogP contribution is 2.23. The molecular formula is C11H12BrN3O. The molecule has 0 spiro atoms. The first-order valence-corrected chi connectivity index (χ1v) is 5.74. The highest BCUT2D eigenvalue weighted by Gasteiger charge is 2.06. The van der Waals surface area contributed by atoms with Crippen LogP contribution in [0.4, 0.5) is 5.82 Å². The van der Waals surface area contributed by atoms with Gasteiger partial charge in [0.15, 0.2) is 0 Å². The molecule has 5 heteroatoms. The number of imidazole rings is 1. The van der Waals surface area contributed by atoms with Crippen molar-refractivity contribution in [2.24, 2.45) is 0 Å². The number of aromatic nitrogens is 2. The summed E-state index contributed by atoms with van der Waals surface area (Å²) < 4.78 is 8.50. The first-order valence-electron chi connectivity index (χ1n) is 4.95. The lowest BCUT2D eigenvalue weighted by Crippen LogP contribution is -1.96. The van der Waals surface area contributed by atoms with Gasteiger partial charge in [0, 0.05) is 11.0 Å². The zero-order valence-corrected chi connectivity index (χ0v) is 10.4. The van der Waals surface area contributed by atoms with Crippen LogP contribution >= 0.6 is 15.9 Å². The minimum Gasteiger partial charge on any atom is -0.425 e. The van der Waals surface area contributed by atoms with Gasteiger partial charge >= 0.3 is 6.01 Å². The van der Waals surface area contributed by atoms with E-state index in [1.807, 2.05) is 35.8 Å². The molecule has 84 valence electrons. The molecule has 4 nitrogen and oxygen atoms in total. The van der Waals surface area contributed by atoms with Gasteiger partial charge in [-0.3, -0.25) is 4.57 Å². The van der Waals surface area contributed by atoms with Gasteiger partial charge in [-0.05, 0) is 31.2 Å². The minimum absolute atomic E-state index is 0.467. The van der Waals surface area contributed by atoms with Gasteiger partial charge in [0.2, 0.25) is 0 Å². The Hall–Kier alpha value is -1.49. The average molecular weight is 282 g/mol. The second-order valence-corrected chi connectivity index (χ2v) is 4.21. The maximum Gasteiger partial charge on any atom is 0.303 e. The van der Waals surface area contributed by atoms with Crippen molar-refractivity contribution in [3.63, 3.8) is 0 Å². The van der Waals surface area contributed by atoms with E-state index in [1.54, 1.807) is 6.20 Å². The number of nitrogens with zero attached hydrogens (tertiary/aromatic N) is 2. The number of rotatable bonds is 3. The first kappa shape index (κ1) is 11.0. The first-order chi connectivity index (χ1) is 7.69. The molecule has 0 amide bonds. The minimum atomic E-state index is 0.467. The number of nitrogens with two attached hydrogens (primary N) is 1. The number of hydrogen-bond donors (Lipinski definition) is 1. The van der Waals surface area contributed by atoms with Crippen LogP contribution in [0.25, 0.3) is 0 Å². The molecule has 0 aliphatic carbocycles. The fourth-order valence-electron chi connectivity index (χ4n) is 1.33. The van der Waals surface area contributed by atoms with E-state index >= 15 is 0 Å². The number of nitrogen functional groups attached to an aromatic ring is 1. The van der Waals surface area contributed by atoms with E-state index in [2.05, 4.69) is 20.9 Å². The highest BCUT2D eigenvalue weighted by atomic mass is 79.9. The van der Waals surface area contributed by atoms with Crippen LogP contribution in [0.3, 0.4) is 0 Å². The summed E-state index contributed by atoms with van der Waals surface area (Å²) in [5, 5.41) is 0. The molecule has 2 aromatic rings. The van der Waals surface area contributed by atoms with E-state index in [0.717, 1.165) is 16.8 Å². The van der Waals surface area contributed by atoms with Crippen molar-refractivity contribution in [2.45, 2.75) is 13.5 Å². The van der Waals surface area contributed by atoms with Gasteiger partial charge in [0.25, 0.3) is 0 Å². The van der Waals surface area contributed by atoms with E-state index in [1.165, 1.54) is 0 Å². The fourth-order valence-corrected chi connectivity index (χ4v) is 1.60. The Kier molecular flexibility index (Phi) is 3.14. The molecule has 1 heterocycles. The molecule has 0 aliphatic rings. The van der Waals surface area contributed by atoms with Gasteiger partial charge in [-0.25, -0.2) is 0 Å². The normalized spacial score (nSPS) is 10.4. The largest absolute Gasteiger partial charge is 0.425 e. The molecule has 0 saturated heterocycles. The van der Waals surface area contributed by atoms with Gasteiger partial charge in [-0.2, -0.15) is 4.98 Å². The molecule has 1 aromatic heterocycles. The summed E-state index contributed by atoms with van der Waals surface area (Å²) in [6.45, 7) is 2.78. The second-order valence-electron chi connectivity index (χ2n) is 3.29. The van der Waals surface area contributed by atoms with Crippen LogP contribution in [0.5, 0.6) is 11.8 Å². The zero-order valence-electron chi connectivity index (χ0n) is 8.85. The maximum absolute atomic E-state index is 5.63. The number of ether oxygens (including phenoxy) is 1. The summed E-state index contributed by atoms with van der Waals surface area (Å²) >= 11 is 3.37. The monoisotopic (exact) mass is 281 g/mol. The molecular weight excluding hydrogens is 270 g/mol. The maximum atomic E-state index is 5.63. The highest BCUT2D eigenvalue weighted by molar-refractivity contribution is 9.10. The van der Waals surface area contributed by atoms with Crippen LogP contribution in [0.1, 0.15) is 6.92 Å². The topological polar surface area (TPSA) is 53.1 Å². The third kappa shape index (κ3) is 2.36. The molecule has 2 rings (SSSR count). The van der Waals surface area contributed by atoms with Crippen LogP contribution in [-0.4, -0.2) is 9.55 Å². The lowest BCUT2D eigenvalue weighted by atomic mass is 10.3. The molecule has 0 aliphatic heterocycles. The molecule has 0 atom stereocenters. The van der Waals surface area contributed by atoms with E-state index in [-0.39, 0.29) is 0 Å². The Morgan fingerprint density at radius 3 is 2.69 bits per heavy atom. The summed E-state index contributed by atoms with van der Waals surface area (Å²) in [6, 6.07) is 8.09. The van der Waals surface area contributed by atoms with E-state index in [4.69, 9.17) is 10.5 Å². The van der Waals surface area contributed by atoms with Crippen LogP contribution in [0.15, 0.2) is 34.9 Å². The summed E-state index contributed by atoms with van der Waals surface area (Å²) in [4.78, 5) is 4.11. The smallest absolute Gasteiger partial charge is 0.303 e. The zero-order chi connectivity index (χ0) is 11.5. The quantitative estimate of drug-likeness (QED) is 0.941. The molecule has 0 fully saturated rings. The summed E-state index contributed by atoms with van der Waals surface area (Å²) in [7, 11) is 0. The predicted molar refractivity (Wildman–Crippen MR) is 66.5 cm³/mol. The Balaban J connectivity index is 2.22. The van der Waals surface area contributed by atoms with Gasteiger partial charge in [0.05, 0.1) is 6.20 Å². The van der Waals surface area contributed by atoms with Crippen LogP contribution in [-0.2, 0) is 6.54 Å². The average Bonchev–Trinajstić information content (AvgIpc) is 2.62. The van der Waals surface area contributed by atoms with E-state index in [0.29, 0.717) is 11.8 Å². The lowest BCUT2D eigenvalue weighted by molar-refractivity contribution is 0.415. The van der Waals surface area contributed by atoms with Crippen molar-refractivity contribution in [1.82, 2.24) is 9.55 Å². The summed E-state index contributed by atoms with van der Waals surface area (Å²) in [5.41, 5.74) is 5.61. The summed E-state index contributed by atoms with van der Waals surface area (Å²) in [5.74, 6) is 1.21. The number of halogens is 1. The van der Waals surface area contributed by atoms with Gasteiger partial charge in [-0.1, -0.05) is 15.9 Å². The van der Waals surface area contributed by atoms with Crippen LogP contribution in [0, 0.1) is 0 Å². The second kappa shape index (κ2) is 4.57. The third-order valence-electron chi connectivity index (χ3n) is 2.12. The Morgan fingerprint density at radius 1 is 1.38 bits per heavy atom. The van der Waals surface area contributed by atoms with Gasteiger partial charge < -0.3 is 10.5 Å². The number of anilines is 1. The van der Waals surface area contributed by atoms with Crippen molar-refractivity contribution < 1.29 is 4.74 Å². The molecule has 0 saturated carbocycles. The molecule has 0 unspecified atom stereocenters. The van der Waals surface area contributed by atoms with Gasteiger partial charge in [0.1, 0.15) is 11.6 Å². The van der Waals surface area contributed by atoms with E-state index in [9.17, 15) is 0 Å².